The Morgan fingerprint density at radius 3 is 2.28 bits per heavy atom. The number of likely N-dealkylation sites (tertiary alicyclic amines) is 1. The quantitative estimate of drug-likeness (QED) is 0.315. The average molecular weight is 475 g/mol. The number of benzene rings is 2. The molecule has 1 atom stereocenters. The highest BCUT2D eigenvalue weighted by Gasteiger charge is 2.42. The van der Waals surface area contributed by atoms with E-state index in [0.29, 0.717) is 36.4 Å². The number of piperidine rings is 1. The zero-order valence-electron chi connectivity index (χ0n) is 17.8. The van der Waals surface area contributed by atoms with E-state index in [2.05, 4.69) is 0 Å². The lowest BCUT2D eigenvalue weighted by Crippen LogP contribution is -2.41. The van der Waals surface area contributed by atoms with Gasteiger partial charge in [0, 0.05) is 30.3 Å². The second-order valence-electron chi connectivity index (χ2n) is 8.49. The van der Waals surface area contributed by atoms with Crippen LogP contribution in [-0.2, 0) is 13.7 Å². The van der Waals surface area contributed by atoms with E-state index in [0.717, 1.165) is 29.2 Å². The number of nitro groups is 1. The van der Waals surface area contributed by atoms with Gasteiger partial charge in [-0.3, -0.25) is 19.8 Å². The van der Waals surface area contributed by atoms with Gasteiger partial charge in [-0.25, -0.2) is 8.42 Å². The number of hydrogen-bond donors (Lipinski definition) is 0. The molecule has 0 bridgehead atoms. The molecule has 32 heavy (non-hydrogen) atoms. The molecule has 1 unspecified atom stereocenters. The fraction of sp³-hybridized carbons (Fsp3) is 0.435. The second-order valence-corrected chi connectivity index (χ2v) is 12.6. The number of aryl methyl sites for hydroxylation is 1. The van der Waals surface area contributed by atoms with Gasteiger partial charge < -0.3 is 0 Å². The molecule has 4 rings (SSSR count). The lowest BCUT2D eigenvalue weighted by molar-refractivity contribution is -0.385. The third-order valence-corrected chi connectivity index (χ3v) is 10.1. The van der Waals surface area contributed by atoms with Crippen molar-refractivity contribution in [2.75, 3.05) is 13.1 Å². The zero-order chi connectivity index (χ0) is 22.9. The molecule has 1 heterocycles. The van der Waals surface area contributed by atoms with Crippen molar-refractivity contribution in [2.24, 2.45) is 5.92 Å². The Kier molecular flexibility index (Phi) is 6.69. The van der Waals surface area contributed by atoms with E-state index in [1.807, 2.05) is 11.8 Å². The first-order valence-corrected chi connectivity index (χ1v) is 13.7. The molecule has 1 aliphatic heterocycles. The minimum atomic E-state index is -3.46. The molecule has 0 radical (unpaired) electrons. The molecule has 1 saturated carbocycles. The molecule has 7 nitrogen and oxygen atoms in total. The van der Waals surface area contributed by atoms with Crippen LogP contribution in [0.15, 0.2) is 53.4 Å². The van der Waals surface area contributed by atoms with Crippen molar-refractivity contribution in [1.29, 1.82) is 0 Å². The Bertz CT molecular complexity index is 1110. The SMILES string of the molecule is Cc1ccc(S(=O)(=O)SC2CCN(C(C(=O)C3CC3)c3ccccc3[N+](=O)[O-])CC2)cc1. The van der Waals surface area contributed by atoms with Crippen LogP contribution in [0.3, 0.4) is 0 Å². The summed E-state index contributed by atoms with van der Waals surface area (Å²) < 4.78 is 25.6. The number of rotatable bonds is 8. The number of hydrogen-bond acceptors (Lipinski definition) is 7. The molecular formula is C23H26N2O5S2. The van der Waals surface area contributed by atoms with Crippen LogP contribution in [0.4, 0.5) is 5.69 Å². The largest absolute Gasteiger partial charge is 0.297 e. The Balaban J connectivity index is 1.49. The van der Waals surface area contributed by atoms with Gasteiger partial charge >= 0.3 is 0 Å². The molecule has 170 valence electrons. The maximum atomic E-state index is 13.1. The lowest BCUT2D eigenvalue weighted by atomic mass is 9.94. The predicted octanol–water partition coefficient (Wildman–Crippen LogP) is 4.51. The summed E-state index contributed by atoms with van der Waals surface area (Å²) in [5.74, 6) is 0.00602. The molecule has 2 fully saturated rings. The van der Waals surface area contributed by atoms with Gasteiger partial charge in [-0.1, -0.05) is 35.9 Å². The maximum Gasteiger partial charge on any atom is 0.274 e. The zero-order valence-corrected chi connectivity index (χ0v) is 19.5. The van der Waals surface area contributed by atoms with Crippen molar-refractivity contribution in [3.05, 3.63) is 69.8 Å². The first-order valence-electron chi connectivity index (χ1n) is 10.8. The van der Waals surface area contributed by atoms with Crippen molar-refractivity contribution in [3.8, 4) is 0 Å². The van der Waals surface area contributed by atoms with E-state index >= 15 is 0 Å². The number of carbonyl (C=O) groups is 1. The van der Waals surface area contributed by atoms with Gasteiger partial charge in [-0.05, 0) is 55.5 Å². The van der Waals surface area contributed by atoms with Crippen molar-refractivity contribution in [2.45, 2.75) is 48.8 Å². The van der Waals surface area contributed by atoms with Crippen LogP contribution >= 0.6 is 10.8 Å². The van der Waals surface area contributed by atoms with Gasteiger partial charge in [-0.2, -0.15) is 0 Å². The first-order chi connectivity index (χ1) is 15.3. The Labute approximate surface area is 191 Å². The van der Waals surface area contributed by atoms with Gasteiger partial charge in [0.2, 0.25) is 8.87 Å². The van der Waals surface area contributed by atoms with E-state index in [1.165, 1.54) is 6.07 Å². The predicted molar refractivity (Wildman–Crippen MR) is 124 cm³/mol. The maximum absolute atomic E-state index is 13.1. The highest BCUT2D eigenvalue weighted by molar-refractivity contribution is 8.72. The monoisotopic (exact) mass is 474 g/mol. The molecule has 0 aromatic heterocycles. The summed E-state index contributed by atoms with van der Waals surface area (Å²) in [6.07, 6.45) is 2.86. The average Bonchev–Trinajstić information content (AvgIpc) is 3.61. The van der Waals surface area contributed by atoms with Gasteiger partial charge in [-0.15, -0.1) is 0 Å². The molecule has 0 amide bonds. The smallest absolute Gasteiger partial charge is 0.274 e. The molecule has 1 aliphatic carbocycles. The summed E-state index contributed by atoms with van der Waals surface area (Å²) in [5.41, 5.74) is 1.40. The summed E-state index contributed by atoms with van der Waals surface area (Å²) in [6.45, 7) is 2.96. The normalized spacial score (nSPS) is 18.9. The fourth-order valence-corrected chi connectivity index (χ4v) is 7.84. The minimum Gasteiger partial charge on any atom is -0.297 e. The van der Waals surface area contributed by atoms with Crippen molar-refractivity contribution in [3.63, 3.8) is 0 Å². The fourth-order valence-electron chi connectivity index (χ4n) is 4.18. The Hall–Kier alpha value is -2.23. The van der Waals surface area contributed by atoms with Crippen molar-refractivity contribution >= 4 is 31.1 Å². The number of ketones is 1. The number of nitro benzene ring substituents is 1. The highest BCUT2D eigenvalue weighted by atomic mass is 33.1. The summed E-state index contributed by atoms with van der Waals surface area (Å²) in [4.78, 5) is 26.6. The number of nitrogens with zero attached hydrogens (tertiary/aromatic N) is 2. The van der Waals surface area contributed by atoms with Crippen LogP contribution in [-0.4, -0.2) is 42.4 Å². The summed E-state index contributed by atoms with van der Waals surface area (Å²) in [7, 11) is -2.48. The molecular weight excluding hydrogens is 448 g/mol. The molecule has 2 aromatic rings. The third kappa shape index (κ3) is 5.05. The molecule has 9 heteroatoms. The number of Topliss-reactive ketones (excluding diaryl/α,β-unsaturated/α-hetero) is 1. The van der Waals surface area contributed by atoms with E-state index < -0.39 is 19.8 Å². The number of para-hydroxylation sites is 1. The first kappa shape index (κ1) is 22.9. The highest BCUT2D eigenvalue weighted by Crippen LogP contribution is 2.41. The van der Waals surface area contributed by atoms with Crippen LogP contribution in [0.5, 0.6) is 0 Å². The van der Waals surface area contributed by atoms with Crippen LogP contribution < -0.4 is 0 Å². The molecule has 1 saturated heterocycles. The van der Waals surface area contributed by atoms with Gasteiger partial charge in [0.15, 0.2) is 5.78 Å². The van der Waals surface area contributed by atoms with Crippen molar-refractivity contribution < 1.29 is 18.1 Å². The molecule has 0 spiro atoms. The van der Waals surface area contributed by atoms with Gasteiger partial charge in [0.05, 0.1) is 15.4 Å². The Morgan fingerprint density at radius 1 is 1.06 bits per heavy atom. The lowest BCUT2D eigenvalue weighted by Gasteiger charge is -2.36. The van der Waals surface area contributed by atoms with E-state index in [9.17, 15) is 23.3 Å². The Morgan fingerprint density at radius 2 is 1.69 bits per heavy atom. The molecule has 2 aliphatic rings. The van der Waals surface area contributed by atoms with E-state index in [-0.39, 0.29) is 22.6 Å². The van der Waals surface area contributed by atoms with E-state index in [4.69, 9.17) is 0 Å². The van der Waals surface area contributed by atoms with Crippen LogP contribution in [0.2, 0.25) is 0 Å². The van der Waals surface area contributed by atoms with E-state index in [1.54, 1.807) is 42.5 Å². The second kappa shape index (κ2) is 9.33. The minimum absolute atomic E-state index is 0.0335. The van der Waals surface area contributed by atoms with Crippen LogP contribution in [0.25, 0.3) is 0 Å². The van der Waals surface area contributed by atoms with Gasteiger partial charge in [0.1, 0.15) is 6.04 Å². The topological polar surface area (TPSA) is 97.6 Å². The third-order valence-electron chi connectivity index (χ3n) is 6.09. The summed E-state index contributed by atoms with van der Waals surface area (Å²) in [5, 5.41) is 11.5. The summed E-state index contributed by atoms with van der Waals surface area (Å²) in [6, 6.07) is 12.6. The molecule has 2 aromatic carbocycles. The van der Waals surface area contributed by atoms with Gasteiger partial charge in [0.25, 0.3) is 5.69 Å². The van der Waals surface area contributed by atoms with Crippen molar-refractivity contribution in [1.82, 2.24) is 4.90 Å². The van der Waals surface area contributed by atoms with Crippen LogP contribution in [0, 0.1) is 23.0 Å². The molecule has 0 N–H and O–H groups in total. The standard InChI is InChI=1S/C23H26N2O5S2/c1-16-6-10-19(11-7-16)32(29,30)31-18-12-14-24(15-13-18)22(23(26)17-8-9-17)20-4-2-3-5-21(20)25(27)28/h2-7,10-11,17-18,22H,8-9,12-15H2,1H3. The van der Waals surface area contributed by atoms with Crippen LogP contribution in [0.1, 0.15) is 42.9 Å². The summed E-state index contributed by atoms with van der Waals surface area (Å²) >= 11 is 0. The number of carbonyl (C=O) groups excluding carboxylic acids is 1.